The molecule has 168 valence electrons. The maximum absolute atomic E-state index is 13.6. The van der Waals surface area contributed by atoms with Crippen LogP contribution < -0.4 is 21.5 Å². The van der Waals surface area contributed by atoms with E-state index in [9.17, 15) is 18.4 Å². The second kappa shape index (κ2) is 7.88. The van der Waals surface area contributed by atoms with Crippen molar-refractivity contribution in [1.29, 1.82) is 0 Å². The summed E-state index contributed by atoms with van der Waals surface area (Å²) in [5, 5.41) is 12.9. The Balaban J connectivity index is 1.46. The van der Waals surface area contributed by atoms with Gasteiger partial charge in [-0.25, -0.2) is 13.8 Å². The van der Waals surface area contributed by atoms with Crippen molar-refractivity contribution in [2.24, 2.45) is 0 Å². The van der Waals surface area contributed by atoms with Crippen LogP contribution in [0.3, 0.4) is 0 Å². The normalized spacial score (nSPS) is 24.5. The fourth-order valence-electron chi connectivity index (χ4n) is 4.01. The molecule has 1 amide bonds. The number of halogens is 2. The lowest BCUT2D eigenvalue weighted by Gasteiger charge is -2.31. The summed E-state index contributed by atoms with van der Waals surface area (Å²) >= 11 is 0. The van der Waals surface area contributed by atoms with Crippen LogP contribution in [0.2, 0.25) is 0 Å². The van der Waals surface area contributed by atoms with Gasteiger partial charge in [0.25, 0.3) is 11.5 Å². The van der Waals surface area contributed by atoms with E-state index in [0.717, 1.165) is 0 Å². The Labute approximate surface area is 181 Å². The zero-order chi connectivity index (χ0) is 22.4. The Morgan fingerprint density at radius 1 is 1.25 bits per heavy atom. The van der Waals surface area contributed by atoms with Gasteiger partial charge in [0.15, 0.2) is 5.65 Å². The van der Waals surface area contributed by atoms with E-state index in [1.165, 1.54) is 15.3 Å². The summed E-state index contributed by atoms with van der Waals surface area (Å²) in [6.45, 7) is 0. The number of nitrogens with one attached hydrogen (secondary N) is 3. The lowest BCUT2D eigenvalue weighted by molar-refractivity contribution is 0.0826. The highest BCUT2D eigenvalue weighted by atomic mass is 19.1. The quantitative estimate of drug-likeness (QED) is 0.541. The Kier molecular flexibility index (Phi) is 5.03. The summed E-state index contributed by atoms with van der Waals surface area (Å²) in [5.41, 5.74) is 0.483. The number of amides is 1. The summed E-state index contributed by atoms with van der Waals surface area (Å²) in [6.07, 6.45) is 2.81. The first kappa shape index (κ1) is 20.4. The molecular weight excluding hydrogens is 420 g/mol. The Morgan fingerprint density at radius 3 is 2.72 bits per heavy atom. The minimum atomic E-state index is -1.04. The number of nitrogens with zero attached hydrogens (tertiary/aromatic N) is 4. The van der Waals surface area contributed by atoms with Crippen molar-refractivity contribution >= 4 is 28.9 Å². The molecule has 2 saturated carbocycles. The van der Waals surface area contributed by atoms with Gasteiger partial charge >= 0.3 is 0 Å². The number of carbonyl (C=O) groups excluding carboxylic acids is 1. The molecule has 3 N–H and O–H groups in total. The van der Waals surface area contributed by atoms with E-state index in [-0.39, 0.29) is 28.5 Å². The number of hydrogen-bond acceptors (Lipinski definition) is 6. The van der Waals surface area contributed by atoms with Gasteiger partial charge in [-0.3, -0.25) is 9.59 Å². The van der Waals surface area contributed by atoms with Gasteiger partial charge in [0, 0.05) is 25.4 Å². The number of pyridine rings is 1. The zero-order valence-electron chi connectivity index (χ0n) is 17.4. The molecule has 5 rings (SSSR count). The number of fused-ring (bicyclic) bond motifs is 1. The largest absolute Gasteiger partial charge is 0.373 e. The summed E-state index contributed by atoms with van der Waals surface area (Å²) < 4.78 is 29.8. The van der Waals surface area contributed by atoms with Crippen molar-refractivity contribution in [3.05, 3.63) is 46.5 Å². The SMILES string of the molecule is CNc1cc(Nc2cccn(C3CC(F)C3)c2=O)nc2c(C(=O)N[C@H]3CC[C@@H]3F)cnn12. The zero-order valence-corrected chi connectivity index (χ0v) is 17.4. The monoisotopic (exact) mass is 443 g/mol. The van der Waals surface area contributed by atoms with Crippen LogP contribution in [0.15, 0.2) is 35.4 Å². The molecule has 0 spiro atoms. The molecule has 11 heteroatoms. The van der Waals surface area contributed by atoms with Crippen molar-refractivity contribution < 1.29 is 13.6 Å². The Bertz CT molecular complexity index is 1230. The second-order valence-electron chi connectivity index (χ2n) is 8.23. The van der Waals surface area contributed by atoms with Gasteiger partial charge in [-0.1, -0.05) is 0 Å². The first-order chi connectivity index (χ1) is 15.4. The van der Waals surface area contributed by atoms with Crippen LogP contribution in [0.5, 0.6) is 0 Å². The van der Waals surface area contributed by atoms with E-state index < -0.39 is 24.3 Å². The highest BCUT2D eigenvalue weighted by Gasteiger charge is 2.33. The average molecular weight is 443 g/mol. The van der Waals surface area contributed by atoms with E-state index in [1.807, 2.05) is 0 Å². The van der Waals surface area contributed by atoms with Crippen molar-refractivity contribution in [3.8, 4) is 0 Å². The number of hydrogen-bond donors (Lipinski definition) is 3. The van der Waals surface area contributed by atoms with Gasteiger partial charge in [-0.05, 0) is 37.8 Å². The second-order valence-corrected chi connectivity index (χ2v) is 8.23. The summed E-state index contributed by atoms with van der Waals surface area (Å²) in [6, 6.07) is 4.34. The lowest BCUT2D eigenvalue weighted by atomic mass is 9.90. The predicted octanol–water partition coefficient (Wildman–Crippen LogP) is 2.58. The molecule has 2 fully saturated rings. The number of aromatic nitrogens is 4. The molecule has 9 nitrogen and oxygen atoms in total. The molecule has 3 heterocycles. The maximum atomic E-state index is 13.6. The Hall–Kier alpha value is -3.50. The summed E-state index contributed by atoms with van der Waals surface area (Å²) in [5.74, 6) is 0.418. The van der Waals surface area contributed by atoms with Crippen LogP contribution in [0.1, 0.15) is 42.1 Å². The van der Waals surface area contributed by atoms with Gasteiger partial charge in [-0.15, -0.1) is 0 Å². The van der Waals surface area contributed by atoms with Crippen LogP contribution >= 0.6 is 0 Å². The van der Waals surface area contributed by atoms with E-state index in [0.29, 0.717) is 37.3 Å². The molecule has 2 atom stereocenters. The topological polar surface area (TPSA) is 105 Å². The molecule has 0 bridgehead atoms. The predicted molar refractivity (Wildman–Crippen MR) is 115 cm³/mol. The minimum Gasteiger partial charge on any atom is -0.373 e. The third-order valence-electron chi connectivity index (χ3n) is 6.17. The van der Waals surface area contributed by atoms with Gasteiger partial charge < -0.3 is 20.5 Å². The molecule has 0 unspecified atom stereocenters. The van der Waals surface area contributed by atoms with Crippen LogP contribution in [0.4, 0.5) is 26.1 Å². The van der Waals surface area contributed by atoms with Crippen LogP contribution in [0.25, 0.3) is 5.65 Å². The highest BCUT2D eigenvalue weighted by molar-refractivity contribution is 6.00. The van der Waals surface area contributed by atoms with Crippen molar-refractivity contribution in [2.45, 2.75) is 50.1 Å². The lowest BCUT2D eigenvalue weighted by Crippen LogP contribution is -2.48. The van der Waals surface area contributed by atoms with E-state index >= 15 is 0 Å². The van der Waals surface area contributed by atoms with Crippen molar-refractivity contribution in [1.82, 2.24) is 24.5 Å². The highest BCUT2D eigenvalue weighted by Crippen LogP contribution is 2.33. The maximum Gasteiger partial charge on any atom is 0.274 e. The summed E-state index contributed by atoms with van der Waals surface area (Å²) in [4.78, 5) is 30.0. The molecule has 0 aromatic carbocycles. The first-order valence-electron chi connectivity index (χ1n) is 10.6. The fourth-order valence-corrected chi connectivity index (χ4v) is 4.01. The molecule has 3 aromatic heterocycles. The van der Waals surface area contributed by atoms with Crippen molar-refractivity contribution in [2.75, 3.05) is 17.7 Å². The molecular formula is C21H23F2N7O2. The number of anilines is 3. The fraction of sp³-hybridized carbons (Fsp3) is 0.429. The third kappa shape index (κ3) is 3.47. The number of rotatable bonds is 6. The van der Waals surface area contributed by atoms with Gasteiger partial charge in [0.05, 0.1) is 12.2 Å². The third-order valence-corrected chi connectivity index (χ3v) is 6.17. The molecule has 0 saturated heterocycles. The average Bonchev–Trinajstić information content (AvgIpc) is 3.19. The number of carbonyl (C=O) groups is 1. The molecule has 32 heavy (non-hydrogen) atoms. The van der Waals surface area contributed by atoms with Crippen molar-refractivity contribution in [3.63, 3.8) is 0 Å². The van der Waals surface area contributed by atoms with Crippen LogP contribution in [-0.4, -0.2) is 50.5 Å². The Morgan fingerprint density at radius 2 is 2.06 bits per heavy atom. The van der Waals surface area contributed by atoms with Gasteiger partial charge in [0.2, 0.25) is 0 Å². The van der Waals surface area contributed by atoms with E-state index in [4.69, 9.17) is 0 Å². The molecule has 0 radical (unpaired) electrons. The van der Waals surface area contributed by atoms with Gasteiger partial charge in [0.1, 0.15) is 35.2 Å². The smallest absolute Gasteiger partial charge is 0.274 e. The standard InChI is InChI=1S/C21H23F2N7O2/c1-24-18-9-17(26-16-3-2-6-29(21(16)32)12-7-11(22)8-12)28-19-13(10-25-30(18)19)20(31)27-15-5-4-14(15)23/h2-3,6,9-12,14-15,24H,4-5,7-8H2,1H3,(H,26,28)(H,27,31)/t11?,12?,14-,15-/m0/s1. The number of alkyl halides is 2. The van der Waals surface area contributed by atoms with E-state index in [1.54, 1.807) is 31.4 Å². The first-order valence-corrected chi connectivity index (χ1v) is 10.6. The van der Waals surface area contributed by atoms with Gasteiger partial charge in [-0.2, -0.15) is 9.61 Å². The van der Waals surface area contributed by atoms with Crippen LogP contribution in [-0.2, 0) is 0 Å². The molecule has 2 aliphatic rings. The molecule has 3 aromatic rings. The summed E-state index contributed by atoms with van der Waals surface area (Å²) in [7, 11) is 1.70. The van der Waals surface area contributed by atoms with E-state index in [2.05, 4.69) is 26.0 Å². The van der Waals surface area contributed by atoms with Crippen LogP contribution in [0, 0.1) is 0 Å². The molecule has 0 aliphatic heterocycles. The minimum absolute atomic E-state index is 0.154. The molecule has 2 aliphatic carbocycles.